The van der Waals surface area contributed by atoms with Crippen molar-refractivity contribution in [2.45, 2.75) is 19.4 Å². The fourth-order valence-electron chi connectivity index (χ4n) is 2.77. The molecular weight excluding hydrogens is 252 g/mol. The molecule has 0 fully saturated rings. The monoisotopic (exact) mass is 268 g/mol. The number of hydrogen-bond donors (Lipinski definition) is 1. The molecule has 20 heavy (non-hydrogen) atoms. The predicted octanol–water partition coefficient (Wildman–Crippen LogP) is 2.58. The van der Waals surface area contributed by atoms with E-state index in [-0.39, 0.29) is 0 Å². The zero-order chi connectivity index (χ0) is 14.1. The van der Waals surface area contributed by atoms with Gasteiger partial charge in [-0.15, -0.1) is 0 Å². The molecule has 2 heterocycles. The lowest BCUT2D eigenvalue weighted by molar-refractivity contribution is -0.138. The molecule has 1 aliphatic heterocycles. The summed E-state index contributed by atoms with van der Waals surface area (Å²) in [5, 5.41) is 9.35. The van der Waals surface area contributed by atoms with Crippen LogP contribution < -0.4 is 4.90 Å². The molecule has 4 nitrogen and oxygen atoms in total. The fourth-order valence-corrected chi connectivity index (χ4v) is 2.77. The van der Waals surface area contributed by atoms with Crippen molar-refractivity contribution >= 4 is 11.7 Å². The minimum Gasteiger partial charge on any atom is -0.481 e. The highest BCUT2D eigenvalue weighted by molar-refractivity contribution is 5.82. The van der Waals surface area contributed by atoms with Gasteiger partial charge >= 0.3 is 5.97 Å². The lowest BCUT2D eigenvalue weighted by Crippen LogP contribution is -2.24. The van der Waals surface area contributed by atoms with E-state index >= 15 is 0 Å². The third-order valence-corrected chi connectivity index (χ3v) is 3.66. The van der Waals surface area contributed by atoms with E-state index in [0.717, 1.165) is 22.4 Å². The van der Waals surface area contributed by atoms with E-state index in [0.29, 0.717) is 13.1 Å². The van der Waals surface area contributed by atoms with Gasteiger partial charge in [0.2, 0.25) is 0 Å². The molecule has 1 aliphatic rings. The highest BCUT2D eigenvalue weighted by Gasteiger charge is 2.33. The van der Waals surface area contributed by atoms with Crippen molar-refractivity contribution in [3.63, 3.8) is 0 Å². The van der Waals surface area contributed by atoms with Crippen molar-refractivity contribution in [3.05, 3.63) is 59.4 Å². The van der Waals surface area contributed by atoms with Crippen LogP contribution in [0.4, 0.5) is 5.69 Å². The van der Waals surface area contributed by atoms with Gasteiger partial charge in [-0.1, -0.05) is 24.3 Å². The van der Waals surface area contributed by atoms with Gasteiger partial charge in [0.15, 0.2) is 0 Å². The number of carboxylic acid groups (broad SMARTS) is 1. The second kappa shape index (κ2) is 4.96. The molecule has 1 unspecified atom stereocenters. The molecule has 3 rings (SSSR count). The van der Waals surface area contributed by atoms with Gasteiger partial charge < -0.3 is 10.0 Å². The lowest BCUT2D eigenvalue weighted by atomic mass is 10.0. The Morgan fingerprint density at radius 3 is 2.95 bits per heavy atom. The van der Waals surface area contributed by atoms with Crippen molar-refractivity contribution in [1.29, 1.82) is 0 Å². The number of carboxylic acids is 1. The summed E-state index contributed by atoms with van der Waals surface area (Å²) in [4.78, 5) is 17.7. The molecule has 1 atom stereocenters. The van der Waals surface area contributed by atoms with Crippen molar-refractivity contribution in [1.82, 2.24) is 4.98 Å². The maximum atomic E-state index is 11.4. The molecule has 0 amide bonds. The first-order valence-corrected chi connectivity index (χ1v) is 6.62. The average Bonchev–Trinajstić information content (AvgIpc) is 2.78. The Balaban J connectivity index is 1.90. The number of aliphatic carboxylic acids is 1. The maximum absolute atomic E-state index is 11.4. The van der Waals surface area contributed by atoms with E-state index in [1.54, 1.807) is 0 Å². The highest BCUT2D eigenvalue weighted by Crippen LogP contribution is 2.36. The quantitative estimate of drug-likeness (QED) is 0.929. The summed E-state index contributed by atoms with van der Waals surface area (Å²) in [7, 11) is 0. The molecule has 0 saturated carbocycles. The predicted molar refractivity (Wildman–Crippen MR) is 76.8 cm³/mol. The summed E-state index contributed by atoms with van der Waals surface area (Å²) in [6, 6.07) is 9.82. The summed E-state index contributed by atoms with van der Waals surface area (Å²) < 4.78 is 0. The summed E-state index contributed by atoms with van der Waals surface area (Å²) in [5.74, 6) is -1.20. The number of aromatic nitrogens is 1. The second-order valence-corrected chi connectivity index (χ2v) is 5.20. The standard InChI is InChI=1S/C16H16N2O2/c1-11-6-12(8-17-7-11)9-18-10-14(16(19)20)13-4-2-3-5-15(13)18/h2-8,14H,9-10H2,1H3,(H,19,20). The summed E-state index contributed by atoms with van der Waals surface area (Å²) >= 11 is 0. The Labute approximate surface area is 117 Å². The summed E-state index contributed by atoms with van der Waals surface area (Å²) in [5.41, 5.74) is 4.14. The van der Waals surface area contributed by atoms with Crippen LogP contribution in [0.25, 0.3) is 0 Å². The molecule has 0 aliphatic carbocycles. The van der Waals surface area contributed by atoms with Gasteiger partial charge in [0, 0.05) is 31.2 Å². The van der Waals surface area contributed by atoms with Gasteiger partial charge in [0.1, 0.15) is 5.92 Å². The summed E-state index contributed by atoms with van der Waals surface area (Å²) in [6.45, 7) is 3.21. The van der Waals surface area contributed by atoms with Crippen molar-refractivity contribution in [2.24, 2.45) is 0 Å². The van der Waals surface area contributed by atoms with E-state index in [1.807, 2.05) is 43.6 Å². The Kier molecular flexibility index (Phi) is 3.14. The molecule has 0 spiro atoms. The Morgan fingerprint density at radius 2 is 2.20 bits per heavy atom. The number of para-hydroxylation sites is 1. The molecule has 1 aromatic carbocycles. The van der Waals surface area contributed by atoms with Gasteiger partial charge in [-0.3, -0.25) is 9.78 Å². The second-order valence-electron chi connectivity index (χ2n) is 5.20. The van der Waals surface area contributed by atoms with Gasteiger partial charge in [0.25, 0.3) is 0 Å². The van der Waals surface area contributed by atoms with Crippen LogP contribution in [0.5, 0.6) is 0 Å². The van der Waals surface area contributed by atoms with Gasteiger partial charge in [-0.05, 0) is 29.7 Å². The van der Waals surface area contributed by atoms with Crippen LogP contribution in [-0.4, -0.2) is 22.6 Å². The Hall–Kier alpha value is -2.36. The van der Waals surface area contributed by atoms with Crippen molar-refractivity contribution in [2.75, 3.05) is 11.4 Å². The van der Waals surface area contributed by atoms with Crippen LogP contribution in [0.2, 0.25) is 0 Å². The van der Waals surface area contributed by atoms with E-state index < -0.39 is 11.9 Å². The molecule has 2 aromatic rings. The molecule has 1 N–H and O–H groups in total. The van der Waals surface area contributed by atoms with Crippen LogP contribution in [0.3, 0.4) is 0 Å². The number of rotatable bonds is 3. The molecule has 0 radical (unpaired) electrons. The van der Waals surface area contributed by atoms with Gasteiger partial charge in [0.05, 0.1) is 0 Å². The topological polar surface area (TPSA) is 53.4 Å². The largest absolute Gasteiger partial charge is 0.481 e. The number of pyridine rings is 1. The third kappa shape index (κ3) is 2.25. The number of nitrogens with zero attached hydrogens (tertiary/aromatic N) is 2. The maximum Gasteiger partial charge on any atom is 0.312 e. The van der Waals surface area contributed by atoms with Gasteiger partial charge in [-0.2, -0.15) is 0 Å². The van der Waals surface area contributed by atoms with E-state index in [4.69, 9.17) is 0 Å². The molecule has 0 saturated heterocycles. The van der Waals surface area contributed by atoms with Crippen LogP contribution in [-0.2, 0) is 11.3 Å². The van der Waals surface area contributed by atoms with Crippen LogP contribution in [0, 0.1) is 6.92 Å². The van der Waals surface area contributed by atoms with Crippen molar-refractivity contribution in [3.8, 4) is 0 Å². The number of aryl methyl sites for hydroxylation is 1. The smallest absolute Gasteiger partial charge is 0.312 e. The number of hydrogen-bond acceptors (Lipinski definition) is 3. The van der Waals surface area contributed by atoms with Crippen molar-refractivity contribution < 1.29 is 9.90 Å². The Bertz CT molecular complexity index is 654. The normalized spacial score (nSPS) is 17.1. The SMILES string of the molecule is Cc1cncc(CN2CC(C(=O)O)c3ccccc32)c1. The van der Waals surface area contributed by atoms with Gasteiger partial charge in [-0.25, -0.2) is 0 Å². The number of anilines is 1. The first-order chi connectivity index (χ1) is 9.65. The highest BCUT2D eigenvalue weighted by atomic mass is 16.4. The average molecular weight is 268 g/mol. The molecule has 1 aromatic heterocycles. The lowest BCUT2D eigenvalue weighted by Gasteiger charge is -2.19. The molecule has 0 bridgehead atoms. The Morgan fingerprint density at radius 1 is 1.40 bits per heavy atom. The van der Waals surface area contributed by atoms with E-state index in [2.05, 4.69) is 16.0 Å². The van der Waals surface area contributed by atoms with E-state index in [9.17, 15) is 9.90 Å². The zero-order valence-corrected chi connectivity index (χ0v) is 11.3. The molecule has 4 heteroatoms. The number of benzene rings is 1. The fraction of sp³-hybridized carbons (Fsp3) is 0.250. The minimum atomic E-state index is -0.762. The first kappa shape index (κ1) is 12.7. The summed E-state index contributed by atoms with van der Waals surface area (Å²) in [6.07, 6.45) is 3.66. The van der Waals surface area contributed by atoms with Crippen LogP contribution in [0.15, 0.2) is 42.7 Å². The number of carbonyl (C=O) groups is 1. The first-order valence-electron chi connectivity index (χ1n) is 6.62. The zero-order valence-electron chi connectivity index (χ0n) is 11.3. The van der Waals surface area contributed by atoms with Crippen LogP contribution in [0.1, 0.15) is 22.6 Å². The molecular formula is C16H16N2O2. The van der Waals surface area contributed by atoms with E-state index in [1.165, 1.54) is 0 Å². The van der Waals surface area contributed by atoms with Crippen LogP contribution >= 0.6 is 0 Å². The number of fused-ring (bicyclic) bond motifs is 1. The third-order valence-electron chi connectivity index (χ3n) is 3.66. The minimum absolute atomic E-state index is 0.441. The molecule has 102 valence electrons.